The van der Waals surface area contributed by atoms with E-state index in [1.165, 1.54) is 18.2 Å². The van der Waals surface area contributed by atoms with Gasteiger partial charge in [-0.25, -0.2) is 4.39 Å². The average molecular weight is 266 g/mol. The van der Waals surface area contributed by atoms with Crippen molar-refractivity contribution in [3.63, 3.8) is 0 Å². The van der Waals surface area contributed by atoms with Crippen molar-refractivity contribution in [3.8, 4) is 0 Å². The molecule has 3 nitrogen and oxygen atoms in total. The van der Waals surface area contributed by atoms with Gasteiger partial charge in [-0.1, -0.05) is 25.1 Å². The van der Waals surface area contributed by atoms with Crippen molar-refractivity contribution < 1.29 is 9.18 Å². The number of nitrogens with two attached hydrogens (primary N) is 1. The van der Waals surface area contributed by atoms with Gasteiger partial charge in [0, 0.05) is 11.5 Å². The maximum absolute atomic E-state index is 13.1. The molecule has 3 N–H and O–H groups in total. The van der Waals surface area contributed by atoms with Gasteiger partial charge in [0.1, 0.15) is 10.8 Å². The van der Waals surface area contributed by atoms with Crippen LogP contribution in [0.2, 0.25) is 0 Å². The number of thiocarbonyl (C=S) groups is 1. The minimum absolute atomic E-state index is 0.0309. The third kappa shape index (κ3) is 2.85. The van der Waals surface area contributed by atoms with Crippen LogP contribution in [0, 0.1) is 11.7 Å². The molecule has 5 heteroatoms. The van der Waals surface area contributed by atoms with Crippen LogP contribution in [0.3, 0.4) is 0 Å². The summed E-state index contributed by atoms with van der Waals surface area (Å²) in [4.78, 5) is 12.1. The van der Waals surface area contributed by atoms with Gasteiger partial charge in [-0.3, -0.25) is 4.79 Å². The highest BCUT2D eigenvalue weighted by molar-refractivity contribution is 7.80. The van der Waals surface area contributed by atoms with E-state index in [1.807, 2.05) is 0 Å². The first kappa shape index (κ1) is 13.0. The molecule has 0 radical (unpaired) electrons. The SMILES string of the molecule is NC(=S)c1cc(F)ccc1NC(=O)C1CCCC1. The van der Waals surface area contributed by atoms with Gasteiger partial charge < -0.3 is 11.1 Å². The Hall–Kier alpha value is -1.49. The molecule has 0 spiro atoms. The first-order valence-electron chi connectivity index (χ1n) is 5.98. The predicted molar refractivity (Wildman–Crippen MR) is 72.9 cm³/mol. The van der Waals surface area contributed by atoms with E-state index in [0.717, 1.165) is 25.7 Å². The fourth-order valence-corrected chi connectivity index (χ4v) is 2.42. The fraction of sp³-hybridized carbons (Fsp3) is 0.385. The summed E-state index contributed by atoms with van der Waals surface area (Å²) in [5, 5.41) is 2.79. The number of benzene rings is 1. The number of hydrogen-bond acceptors (Lipinski definition) is 2. The van der Waals surface area contributed by atoms with Crippen LogP contribution >= 0.6 is 12.2 Å². The summed E-state index contributed by atoms with van der Waals surface area (Å²) in [6.45, 7) is 0. The van der Waals surface area contributed by atoms with Gasteiger partial charge in [-0.2, -0.15) is 0 Å². The zero-order valence-electron chi connectivity index (χ0n) is 9.91. The highest BCUT2D eigenvalue weighted by atomic mass is 32.1. The normalized spacial score (nSPS) is 15.6. The van der Waals surface area contributed by atoms with Crippen LogP contribution in [-0.2, 0) is 4.79 Å². The summed E-state index contributed by atoms with van der Waals surface area (Å²) in [5.41, 5.74) is 6.38. The van der Waals surface area contributed by atoms with Gasteiger partial charge in [-0.15, -0.1) is 0 Å². The molecule has 0 saturated heterocycles. The Morgan fingerprint density at radius 2 is 2.06 bits per heavy atom. The lowest BCUT2D eigenvalue weighted by molar-refractivity contribution is -0.119. The molecule has 1 fully saturated rings. The first-order chi connectivity index (χ1) is 8.58. The Kier molecular flexibility index (Phi) is 3.91. The van der Waals surface area contributed by atoms with Gasteiger partial charge in [0.15, 0.2) is 0 Å². The molecule has 1 saturated carbocycles. The molecule has 1 aromatic rings. The zero-order chi connectivity index (χ0) is 13.1. The molecule has 0 unspecified atom stereocenters. The van der Waals surface area contributed by atoms with E-state index in [-0.39, 0.29) is 16.8 Å². The van der Waals surface area contributed by atoms with Crippen molar-refractivity contribution in [2.75, 3.05) is 5.32 Å². The fourth-order valence-electron chi connectivity index (χ4n) is 2.25. The lowest BCUT2D eigenvalue weighted by Crippen LogP contribution is -2.23. The van der Waals surface area contributed by atoms with Gasteiger partial charge in [-0.05, 0) is 31.0 Å². The van der Waals surface area contributed by atoms with Crippen molar-refractivity contribution in [2.45, 2.75) is 25.7 Å². The molecule has 1 aliphatic rings. The molecule has 0 aromatic heterocycles. The predicted octanol–water partition coefficient (Wildman–Crippen LogP) is 2.59. The summed E-state index contributed by atoms with van der Waals surface area (Å²) < 4.78 is 13.1. The number of anilines is 1. The smallest absolute Gasteiger partial charge is 0.227 e. The topological polar surface area (TPSA) is 55.1 Å². The number of amides is 1. The molecule has 18 heavy (non-hydrogen) atoms. The van der Waals surface area contributed by atoms with Crippen LogP contribution in [0.5, 0.6) is 0 Å². The summed E-state index contributed by atoms with van der Waals surface area (Å²) in [6, 6.07) is 4.02. The van der Waals surface area contributed by atoms with E-state index in [4.69, 9.17) is 18.0 Å². The number of carbonyl (C=O) groups excluding carboxylic acids is 1. The van der Waals surface area contributed by atoms with Gasteiger partial charge in [0.25, 0.3) is 0 Å². The average Bonchev–Trinajstić information content (AvgIpc) is 2.84. The van der Waals surface area contributed by atoms with Crippen molar-refractivity contribution in [3.05, 3.63) is 29.6 Å². The monoisotopic (exact) mass is 266 g/mol. The first-order valence-corrected chi connectivity index (χ1v) is 6.39. The Labute approximate surface area is 111 Å². The quantitative estimate of drug-likeness (QED) is 0.827. The molecule has 1 amide bonds. The third-order valence-corrected chi connectivity index (χ3v) is 3.45. The van der Waals surface area contributed by atoms with Crippen LogP contribution < -0.4 is 11.1 Å². The lowest BCUT2D eigenvalue weighted by Gasteiger charge is -2.13. The van der Waals surface area contributed by atoms with Crippen molar-refractivity contribution in [1.82, 2.24) is 0 Å². The van der Waals surface area contributed by atoms with Crippen molar-refractivity contribution in [2.24, 2.45) is 11.7 Å². The Morgan fingerprint density at radius 3 is 2.67 bits per heavy atom. The summed E-state index contributed by atoms with van der Waals surface area (Å²) >= 11 is 4.86. The van der Waals surface area contributed by atoms with E-state index in [2.05, 4.69) is 5.32 Å². The second-order valence-corrected chi connectivity index (χ2v) is 4.96. The van der Waals surface area contributed by atoms with Gasteiger partial charge >= 0.3 is 0 Å². The number of halogens is 1. The largest absolute Gasteiger partial charge is 0.389 e. The van der Waals surface area contributed by atoms with Gasteiger partial charge in [0.05, 0.1) is 5.69 Å². The number of nitrogens with one attached hydrogen (secondary N) is 1. The molecule has 1 aromatic carbocycles. The van der Waals surface area contributed by atoms with E-state index in [1.54, 1.807) is 0 Å². The van der Waals surface area contributed by atoms with E-state index in [9.17, 15) is 9.18 Å². The zero-order valence-corrected chi connectivity index (χ0v) is 10.7. The maximum Gasteiger partial charge on any atom is 0.227 e. The molecule has 96 valence electrons. The highest BCUT2D eigenvalue weighted by Gasteiger charge is 2.23. The highest BCUT2D eigenvalue weighted by Crippen LogP contribution is 2.27. The lowest BCUT2D eigenvalue weighted by atomic mass is 10.1. The second-order valence-electron chi connectivity index (χ2n) is 4.52. The summed E-state index contributed by atoms with van der Waals surface area (Å²) in [6.07, 6.45) is 4.00. The Morgan fingerprint density at radius 1 is 1.39 bits per heavy atom. The van der Waals surface area contributed by atoms with E-state index in [0.29, 0.717) is 11.3 Å². The Balaban J connectivity index is 2.17. The molecule has 2 rings (SSSR count). The van der Waals surface area contributed by atoms with Gasteiger partial charge in [0.2, 0.25) is 5.91 Å². The third-order valence-electron chi connectivity index (χ3n) is 3.23. The van der Waals surface area contributed by atoms with Crippen molar-refractivity contribution >= 4 is 28.8 Å². The van der Waals surface area contributed by atoms with E-state index < -0.39 is 5.82 Å². The molecule has 0 heterocycles. The molecule has 0 aliphatic heterocycles. The minimum Gasteiger partial charge on any atom is -0.389 e. The Bertz CT molecular complexity index is 484. The summed E-state index contributed by atoms with van der Waals surface area (Å²) in [7, 11) is 0. The molecular weight excluding hydrogens is 251 g/mol. The van der Waals surface area contributed by atoms with E-state index >= 15 is 0 Å². The molecule has 0 bridgehead atoms. The molecule has 0 atom stereocenters. The van der Waals surface area contributed by atoms with Crippen LogP contribution in [0.4, 0.5) is 10.1 Å². The maximum atomic E-state index is 13.1. The molecular formula is C13H15FN2OS. The van der Waals surface area contributed by atoms with Crippen LogP contribution in [0.15, 0.2) is 18.2 Å². The van der Waals surface area contributed by atoms with Crippen LogP contribution in [0.25, 0.3) is 0 Å². The van der Waals surface area contributed by atoms with Crippen LogP contribution in [-0.4, -0.2) is 10.9 Å². The standard InChI is InChI=1S/C13H15FN2OS/c14-9-5-6-11(10(7-9)12(15)18)16-13(17)8-3-1-2-4-8/h5-8H,1-4H2,(H2,15,18)(H,16,17). The van der Waals surface area contributed by atoms with Crippen molar-refractivity contribution in [1.29, 1.82) is 0 Å². The minimum atomic E-state index is -0.420. The van der Waals surface area contributed by atoms with Crippen LogP contribution in [0.1, 0.15) is 31.2 Å². The second kappa shape index (κ2) is 5.44. The number of carbonyl (C=O) groups is 1. The number of hydrogen-bond donors (Lipinski definition) is 2. The number of rotatable bonds is 3. The summed E-state index contributed by atoms with van der Waals surface area (Å²) in [5.74, 6) is -0.400. The molecule has 1 aliphatic carbocycles.